The first kappa shape index (κ1) is 10.7. The number of rotatable bonds is 2. The second-order valence-corrected chi connectivity index (χ2v) is 4.05. The van der Waals surface area contributed by atoms with Gasteiger partial charge in [0.25, 0.3) is 0 Å². The van der Waals surface area contributed by atoms with Crippen LogP contribution in [0.3, 0.4) is 0 Å². The van der Waals surface area contributed by atoms with Crippen molar-refractivity contribution in [2.75, 3.05) is 12.8 Å². The molecule has 1 aromatic carbocycles. The van der Waals surface area contributed by atoms with Crippen molar-refractivity contribution >= 4 is 11.3 Å². The smallest absolute Gasteiger partial charge is 0.160 e. The summed E-state index contributed by atoms with van der Waals surface area (Å²) < 4.78 is 7.06. The SMILES string of the molecule is COc1ccc(-c2cn3cccc(N)c3n2)cc1. The van der Waals surface area contributed by atoms with Crippen LogP contribution in [-0.4, -0.2) is 16.5 Å². The van der Waals surface area contributed by atoms with Crippen LogP contribution in [0.25, 0.3) is 16.9 Å². The fourth-order valence-corrected chi connectivity index (χ4v) is 1.94. The number of hydrogen-bond acceptors (Lipinski definition) is 3. The lowest BCUT2D eigenvalue weighted by Crippen LogP contribution is -1.90. The molecule has 0 aliphatic rings. The van der Waals surface area contributed by atoms with Crippen LogP contribution in [0, 0.1) is 0 Å². The van der Waals surface area contributed by atoms with Gasteiger partial charge in [-0.15, -0.1) is 0 Å². The Labute approximate surface area is 105 Å². The molecule has 2 N–H and O–H groups in total. The third-order valence-electron chi connectivity index (χ3n) is 2.90. The van der Waals surface area contributed by atoms with Crippen LogP contribution in [0.5, 0.6) is 5.75 Å². The maximum Gasteiger partial charge on any atom is 0.160 e. The summed E-state index contributed by atoms with van der Waals surface area (Å²) >= 11 is 0. The van der Waals surface area contributed by atoms with Crippen LogP contribution in [0.1, 0.15) is 0 Å². The van der Waals surface area contributed by atoms with Gasteiger partial charge in [0.2, 0.25) is 0 Å². The van der Waals surface area contributed by atoms with Gasteiger partial charge in [-0.25, -0.2) is 4.98 Å². The van der Waals surface area contributed by atoms with Gasteiger partial charge in [-0.1, -0.05) is 0 Å². The third-order valence-corrected chi connectivity index (χ3v) is 2.90. The highest BCUT2D eigenvalue weighted by atomic mass is 16.5. The number of benzene rings is 1. The molecule has 3 rings (SSSR count). The quantitative estimate of drug-likeness (QED) is 0.747. The van der Waals surface area contributed by atoms with Crippen molar-refractivity contribution in [1.82, 2.24) is 9.38 Å². The monoisotopic (exact) mass is 239 g/mol. The minimum atomic E-state index is 0.678. The van der Waals surface area contributed by atoms with Gasteiger partial charge in [-0.05, 0) is 36.4 Å². The second-order valence-electron chi connectivity index (χ2n) is 4.05. The Morgan fingerprint density at radius 3 is 2.61 bits per heavy atom. The number of anilines is 1. The number of fused-ring (bicyclic) bond motifs is 1. The lowest BCUT2D eigenvalue weighted by atomic mass is 10.2. The van der Waals surface area contributed by atoms with Crippen LogP contribution in [-0.2, 0) is 0 Å². The van der Waals surface area contributed by atoms with Crippen molar-refractivity contribution in [2.24, 2.45) is 0 Å². The van der Waals surface area contributed by atoms with E-state index in [0.717, 1.165) is 22.7 Å². The lowest BCUT2D eigenvalue weighted by Gasteiger charge is -2.00. The predicted octanol–water partition coefficient (Wildman–Crippen LogP) is 2.59. The van der Waals surface area contributed by atoms with Crippen LogP contribution in [0.4, 0.5) is 5.69 Å². The van der Waals surface area contributed by atoms with Gasteiger partial charge in [0.1, 0.15) is 5.75 Å². The van der Waals surface area contributed by atoms with Crippen LogP contribution in [0.15, 0.2) is 48.8 Å². The Bertz CT molecular complexity index is 686. The number of imidazole rings is 1. The molecule has 4 nitrogen and oxygen atoms in total. The summed E-state index contributed by atoms with van der Waals surface area (Å²) in [5, 5.41) is 0. The number of methoxy groups -OCH3 is 1. The molecule has 0 aliphatic heterocycles. The number of nitrogen functional groups attached to an aromatic ring is 1. The molecule has 2 aromatic heterocycles. The molecular weight excluding hydrogens is 226 g/mol. The summed E-state index contributed by atoms with van der Waals surface area (Å²) in [6, 6.07) is 11.6. The van der Waals surface area contributed by atoms with Gasteiger partial charge in [0.15, 0.2) is 5.65 Å². The lowest BCUT2D eigenvalue weighted by molar-refractivity contribution is 0.415. The maximum absolute atomic E-state index is 5.89. The van der Waals surface area contributed by atoms with E-state index in [-0.39, 0.29) is 0 Å². The summed E-state index contributed by atoms with van der Waals surface area (Å²) in [5.74, 6) is 0.835. The summed E-state index contributed by atoms with van der Waals surface area (Å²) in [4.78, 5) is 4.54. The molecule has 18 heavy (non-hydrogen) atoms. The van der Waals surface area contributed by atoms with E-state index in [1.165, 1.54) is 0 Å². The Hall–Kier alpha value is -2.49. The molecule has 0 radical (unpaired) electrons. The Kier molecular flexibility index (Phi) is 2.41. The number of aromatic nitrogens is 2. The summed E-state index contributed by atoms with van der Waals surface area (Å²) in [6.45, 7) is 0. The molecule has 4 heteroatoms. The fraction of sp³-hybridized carbons (Fsp3) is 0.0714. The largest absolute Gasteiger partial charge is 0.497 e. The zero-order chi connectivity index (χ0) is 12.5. The van der Waals surface area contributed by atoms with Crippen molar-refractivity contribution in [3.8, 4) is 17.0 Å². The van der Waals surface area contributed by atoms with Crippen molar-refractivity contribution in [3.63, 3.8) is 0 Å². The van der Waals surface area contributed by atoms with Gasteiger partial charge < -0.3 is 14.9 Å². The van der Waals surface area contributed by atoms with Gasteiger partial charge in [-0.3, -0.25) is 0 Å². The van der Waals surface area contributed by atoms with E-state index in [0.29, 0.717) is 5.69 Å². The molecule has 0 saturated carbocycles. The third kappa shape index (κ3) is 1.68. The highest BCUT2D eigenvalue weighted by Gasteiger charge is 2.06. The van der Waals surface area contributed by atoms with E-state index in [9.17, 15) is 0 Å². The normalized spacial score (nSPS) is 10.7. The van der Waals surface area contributed by atoms with E-state index >= 15 is 0 Å². The van der Waals surface area contributed by atoms with E-state index in [2.05, 4.69) is 4.98 Å². The summed E-state index contributed by atoms with van der Waals surface area (Å²) in [6.07, 6.45) is 3.90. The molecular formula is C14H13N3O. The molecule has 90 valence electrons. The molecule has 3 aromatic rings. The van der Waals surface area contributed by atoms with Crippen molar-refractivity contribution in [3.05, 3.63) is 48.8 Å². The fourth-order valence-electron chi connectivity index (χ4n) is 1.94. The van der Waals surface area contributed by atoms with Crippen molar-refractivity contribution < 1.29 is 4.74 Å². The molecule has 0 bridgehead atoms. The number of pyridine rings is 1. The first-order valence-corrected chi connectivity index (χ1v) is 5.65. The molecule has 0 fully saturated rings. The van der Waals surface area contributed by atoms with Crippen LogP contribution < -0.4 is 10.5 Å². The zero-order valence-corrected chi connectivity index (χ0v) is 10.00. The van der Waals surface area contributed by atoms with Gasteiger partial charge in [0, 0.05) is 18.0 Å². The molecule has 0 saturated heterocycles. The highest BCUT2D eigenvalue weighted by Crippen LogP contribution is 2.23. The number of hydrogen-bond donors (Lipinski definition) is 1. The second kappa shape index (κ2) is 4.07. The van der Waals surface area contributed by atoms with E-state index in [4.69, 9.17) is 10.5 Å². The van der Waals surface area contributed by atoms with Crippen molar-refractivity contribution in [2.45, 2.75) is 0 Å². The Morgan fingerprint density at radius 1 is 1.17 bits per heavy atom. The first-order valence-electron chi connectivity index (χ1n) is 5.65. The van der Waals surface area contributed by atoms with E-state index in [1.807, 2.05) is 53.2 Å². The average molecular weight is 239 g/mol. The van der Waals surface area contributed by atoms with Gasteiger partial charge in [0.05, 0.1) is 18.5 Å². The Morgan fingerprint density at radius 2 is 1.94 bits per heavy atom. The molecule has 0 unspecified atom stereocenters. The molecule has 0 spiro atoms. The summed E-state index contributed by atoms with van der Waals surface area (Å²) in [7, 11) is 1.65. The van der Waals surface area contributed by atoms with Crippen molar-refractivity contribution in [1.29, 1.82) is 0 Å². The number of ether oxygens (including phenoxy) is 1. The molecule has 0 atom stereocenters. The predicted molar refractivity (Wildman–Crippen MR) is 71.6 cm³/mol. The minimum Gasteiger partial charge on any atom is -0.497 e. The molecule has 0 amide bonds. The van der Waals surface area contributed by atoms with E-state index < -0.39 is 0 Å². The Balaban J connectivity index is 2.10. The van der Waals surface area contributed by atoms with Gasteiger partial charge >= 0.3 is 0 Å². The topological polar surface area (TPSA) is 52.5 Å². The molecule has 0 aliphatic carbocycles. The van der Waals surface area contributed by atoms with Gasteiger partial charge in [-0.2, -0.15) is 0 Å². The van der Waals surface area contributed by atoms with Crippen LogP contribution in [0.2, 0.25) is 0 Å². The number of nitrogens with zero attached hydrogens (tertiary/aromatic N) is 2. The van der Waals surface area contributed by atoms with E-state index in [1.54, 1.807) is 7.11 Å². The molecule has 2 heterocycles. The first-order chi connectivity index (χ1) is 8.78. The zero-order valence-electron chi connectivity index (χ0n) is 10.00. The standard InChI is InChI=1S/C14H13N3O/c1-18-11-6-4-10(5-7-11)13-9-17-8-2-3-12(15)14(17)16-13/h2-9H,15H2,1H3. The van der Waals surface area contributed by atoms with Crippen LogP contribution >= 0.6 is 0 Å². The average Bonchev–Trinajstić information content (AvgIpc) is 2.84. The highest BCUT2D eigenvalue weighted by molar-refractivity contribution is 5.70. The summed E-state index contributed by atoms with van der Waals surface area (Å²) in [5.41, 5.74) is 9.29. The number of nitrogens with two attached hydrogens (primary N) is 1. The minimum absolute atomic E-state index is 0.678. The maximum atomic E-state index is 5.89.